The third-order valence-electron chi connectivity index (χ3n) is 3.05. The van der Waals surface area contributed by atoms with Crippen LogP contribution in [0.25, 0.3) is 0 Å². The second-order valence-corrected chi connectivity index (χ2v) is 4.24. The molecule has 0 bridgehead atoms. The van der Waals surface area contributed by atoms with Crippen molar-refractivity contribution in [2.75, 3.05) is 0 Å². The largest absolute Gasteiger partial charge is 0.324 e. The summed E-state index contributed by atoms with van der Waals surface area (Å²) in [6.45, 7) is 2.13. The highest BCUT2D eigenvalue weighted by atomic mass is 14.6. The molecule has 0 aromatic carbocycles. The van der Waals surface area contributed by atoms with E-state index in [1.165, 1.54) is 38.5 Å². The van der Waals surface area contributed by atoms with Crippen molar-refractivity contribution in [1.29, 1.82) is 0 Å². The highest BCUT2D eigenvalue weighted by Gasteiger charge is 2.11. The zero-order valence-electron chi connectivity index (χ0n) is 8.84. The zero-order valence-corrected chi connectivity index (χ0v) is 8.84. The molecule has 1 nitrogen and oxygen atoms in total. The molecular weight excluding hydrogens is 158 g/mol. The summed E-state index contributed by atoms with van der Waals surface area (Å²) in [6, 6.07) is 0.281. The molecule has 2 N–H and O–H groups in total. The first-order valence-electron chi connectivity index (χ1n) is 5.75. The first-order chi connectivity index (χ1) is 6.33. The van der Waals surface area contributed by atoms with Gasteiger partial charge in [-0.1, -0.05) is 51.2 Å². The molecule has 0 spiro atoms. The lowest BCUT2D eigenvalue weighted by atomic mass is 9.87. The molecule has 0 aromatic heterocycles. The van der Waals surface area contributed by atoms with Crippen molar-refractivity contribution in [1.82, 2.24) is 0 Å². The number of hydrogen-bond acceptors (Lipinski definition) is 1. The van der Waals surface area contributed by atoms with Crippen LogP contribution in [0.3, 0.4) is 0 Å². The Kier molecular flexibility index (Phi) is 5.14. The van der Waals surface area contributed by atoms with Gasteiger partial charge < -0.3 is 5.73 Å². The van der Waals surface area contributed by atoms with Crippen molar-refractivity contribution in [3.8, 4) is 0 Å². The van der Waals surface area contributed by atoms with Crippen LogP contribution < -0.4 is 5.73 Å². The zero-order chi connectivity index (χ0) is 9.52. The van der Waals surface area contributed by atoms with Crippen LogP contribution in [0, 0.1) is 5.92 Å². The summed E-state index contributed by atoms with van der Waals surface area (Å²) >= 11 is 0. The fraction of sp³-hybridized carbons (Fsp3) is 0.833. The number of rotatable bonds is 4. The molecule has 13 heavy (non-hydrogen) atoms. The molecule has 0 amide bonds. The van der Waals surface area contributed by atoms with E-state index >= 15 is 0 Å². The Morgan fingerprint density at radius 2 is 2.00 bits per heavy atom. The Balaban J connectivity index is 2.13. The fourth-order valence-electron chi connectivity index (χ4n) is 2.00. The smallest absolute Gasteiger partial charge is 0.0221 e. The van der Waals surface area contributed by atoms with E-state index in [0.717, 1.165) is 12.3 Å². The van der Waals surface area contributed by atoms with Gasteiger partial charge in [0.2, 0.25) is 0 Å². The van der Waals surface area contributed by atoms with Crippen LogP contribution >= 0.6 is 0 Å². The van der Waals surface area contributed by atoms with Gasteiger partial charge in [0.15, 0.2) is 0 Å². The summed E-state index contributed by atoms with van der Waals surface area (Å²) in [5.74, 6) is 0.953. The van der Waals surface area contributed by atoms with Crippen LogP contribution in [0.1, 0.15) is 51.9 Å². The minimum absolute atomic E-state index is 0.281. The van der Waals surface area contributed by atoms with E-state index in [4.69, 9.17) is 5.73 Å². The van der Waals surface area contributed by atoms with Gasteiger partial charge in [-0.3, -0.25) is 0 Å². The molecule has 1 atom stereocenters. The van der Waals surface area contributed by atoms with E-state index in [-0.39, 0.29) is 6.04 Å². The minimum atomic E-state index is 0.281. The average molecular weight is 181 g/mol. The second kappa shape index (κ2) is 6.20. The average Bonchev–Trinajstić information content (AvgIpc) is 2.19. The fourth-order valence-corrected chi connectivity index (χ4v) is 2.00. The first-order valence-corrected chi connectivity index (χ1v) is 5.75. The summed E-state index contributed by atoms with van der Waals surface area (Å²) in [6.07, 6.45) is 14.0. The van der Waals surface area contributed by atoms with Crippen molar-refractivity contribution >= 4 is 0 Å². The summed E-state index contributed by atoms with van der Waals surface area (Å²) in [4.78, 5) is 0. The molecule has 1 aliphatic rings. The quantitative estimate of drug-likeness (QED) is 0.662. The predicted molar refractivity (Wildman–Crippen MR) is 58.6 cm³/mol. The second-order valence-electron chi connectivity index (χ2n) is 4.24. The molecule has 1 heteroatoms. The molecule has 0 aliphatic heterocycles. The Morgan fingerprint density at radius 1 is 1.31 bits per heavy atom. The molecule has 0 heterocycles. The van der Waals surface area contributed by atoms with Gasteiger partial charge in [-0.25, -0.2) is 0 Å². The van der Waals surface area contributed by atoms with Gasteiger partial charge in [0, 0.05) is 6.04 Å². The Hall–Kier alpha value is -0.300. The molecule has 0 saturated heterocycles. The van der Waals surface area contributed by atoms with Gasteiger partial charge in [0.05, 0.1) is 0 Å². The maximum Gasteiger partial charge on any atom is 0.0221 e. The lowest BCUT2D eigenvalue weighted by Crippen LogP contribution is -2.14. The molecule has 1 saturated carbocycles. The minimum Gasteiger partial charge on any atom is -0.324 e. The molecule has 76 valence electrons. The van der Waals surface area contributed by atoms with Crippen LogP contribution in [-0.2, 0) is 0 Å². The van der Waals surface area contributed by atoms with Gasteiger partial charge in [-0.2, -0.15) is 0 Å². The van der Waals surface area contributed by atoms with Gasteiger partial charge in [-0.15, -0.1) is 0 Å². The third kappa shape index (κ3) is 4.47. The first kappa shape index (κ1) is 10.8. The number of nitrogens with two attached hydrogens (primary N) is 1. The van der Waals surface area contributed by atoms with E-state index in [9.17, 15) is 0 Å². The maximum atomic E-state index is 5.80. The van der Waals surface area contributed by atoms with Gasteiger partial charge >= 0.3 is 0 Å². The molecule has 1 aliphatic carbocycles. The third-order valence-corrected chi connectivity index (χ3v) is 3.05. The SMILES string of the molecule is CCC(N)/C=C\CC1CCCCC1. The highest BCUT2D eigenvalue weighted by molar-refractivity contribution is 4.92. The van der Waals surface area contributed by atoms with E-state index in [0.29, 0.717) is 0 Å². The summed E-state index contributed by atoms with van der Waals surface area (Å²) < 4.78 is 0. The maximum absolute atomic E-state index is 5.80. The van der Waals surface area contributed by atoms with Crippen LogP contribution in [0.2, 0.25) is 0 Å². The van der Waals surface area contributed by atoms with Crippen LogP contribution in [0.4, 0.5) is 0 Å². The predicted octanol–water partition coefficient (Wildman–Crippen LogP) is 3.25. The van der Waals surface area contributed by atoms with E-state index in [1.54, 1.807) is 0 Å². The molecular formula is C12H23N. The van der Waals surface area contributed by atoms with Crippen molar-refractivity contribution in [2.24, 2.45) is 11.7 Å². The van der Waals surface area contributed by atoms with Crippen molar-refractivity contribution in [2.45, 2.75) is 57.9 Å². The molecule has 1 unspecified atom stereocenters. The van der Waals surface area contributed by atoms with Crippen molar-refractivity contribution < 1.29 is 0 Å². The monoisotopic (exact) mass is 181 g/mol. The number of hydrogen-bond donors (Lipinski definition) is 1. The summed E-state index contributed by atoms with van der Waals surface area (Å²) in [5, 5.41) is 0. The standard InChI is InChI=1S/C12H23N/c1-2-12(13)10-6-9-11-7-4-3-5-8-11/h6,10-12H,2-5,7-9,13H2,1H3/b10-6-. The molecule has 1 fully saturated rings. The van der Waals surface area contributed by atoms with E-state index < -0.39 is 0 Å². The van der Waals surface area contributed by atoms with Crippen molar-refractivity contribution in [3.05, 3.63) is 12.2 Å². The van der Waals surface area contributed by atoms with Crippen molar-refractivity contribution in [3.63, 3.8) is 0 Å². The lowest BCUT2D eigenvalue weighted by molar-refractivity contribution is 0.361. The molecule has 0 radical (unpaired) electrons. The van der Waals surface area contributed by atoms with Gasteiger partial charge in [0.25, 0.3) is 0 Å². The summed E-state index contributed by atoms with van der Waals surface area (Å²) in [5.41, 5.74) is 5.80. The molecule has 1 rings (SSSR count). The topological polar surface area (TPSA) is 26.0 Å². The lowest BCUT2D eigenvalue weighted by Gasteiger charge is -2.19. The Morgan fingerprint density at radius 3 is 2.62 bits per heavy atom. The van der Waals surface area contributed by atoms with E-state index in [2.05, 4.69) is 19.1 Å². The normalized spacial score (nSPS) is 22.3. The van der Waals surface area contributed by atoms with Gasteiger partial charge in [-0.05, 0) is 18.8 Å². The van der Waals surface area contributed by atoms with Crippen LogP contribution in [-0.4, -0.2) is 6.04 Å². The molecule has 0 aromatic rings. The van der Waals surface area contributed by atoms with Crippen LogP contribution in [0.5, 0.6) is 0 Å². The van der Waals surface area contributed by atoms with E-state index in [1.807, 2.05) is 0 Å². The summed E-state index contributed by atoms with van der Waals surface area (Å²) in [7, 11) is 0. The highest BCUT2D eigenvalue weighted by Crippen LogP contribution is 2.26. The Labute approximate surface area is 82.4 Å². The number of allylic oxidation sites excluding steroid dienone is 1. The van der Waals surface area contributed by atoms with Crippen LogP contribution in [0.15, 0.2) is 12.2 Å². The van der Waals surface area contributed by atoms with Gasteiger partial charge in [0.1, 0.15) is 0 Å². The Bertz CT molecular complexity index is 145.